The highest BCUT2D eigenvalue weighted by Gasteiger charge is 2.48. The van der Waals surface area contributed by atoms with Crippen LogP contribution in [0.25, 0.3) is 0 Å². The first-order valence-electron chi connectivity index (χ1n) is 7.21. The lowest BCUT2D eigenvalue weighted by atomic mass is 10.1. The van der Waals surface area contributed by atoms with Gasteiger partial charge in [0.05, 0.1) is 5.69 Å². The highest BCUT2D eigenvalue weighted by molar-refractivity contribution is 6.16. The molecule has 1 saturated heterocycles. The zero-order valence-electron chi connectivity index (χ0n) is 12.8. The quantitative estimate of drug-likeness (QED) is 0.829. The first kappa shape index (κ1) is 17.8. The summed E-state index contributed by atoms with van der Waals surface area (Å²) in [4.78, 5) is 37.2. The third-order valence-electron chi connectivity index (χ3n) is 3.73. The molecule has 1 unspecified atom stereocenters. The number of carbonyl (C=O) groups is 3. The fourth-order valence-electron chi connectivity index (χ4n) is 2.67. The van der Waals surface area contributed by atoms with Crippen LogP contribution in [0.1, 0.15) is 19.8 Å². The third-order valence-corrected chi connectivity index (χ3v) is 3.73. The third kappa shape index (κ3) is 3.50. The van der Waals surface area contributed by atoms with Gasteiger partial charge in [0.25, 0.3) is 5.91 Å². The highest BCUT2D eigenvalue weighted by atomic mass is 19.4. The van der Waals surface area contributed by atoms with Crippen molar-refractivity contribution >= 4 is 29.1 Å². The van der Waals surface area contributed by atoms with Crippen molar-refractivity contribution in [3.63, 3.8) is 0 Å². The fraction of sp³-hybridized carbons (Fsp3) is 0.400. The molecule has 1 fully saturated rings. The van der Waals surface area contributed by atoms with Crippen molar-refractivity contribution in [2.24, 2.45) is 0 Å². The van der Waals surface area contributed by atoms with Crippen LogP contribution in [0.15, 0.2) is 24.3 Å². The van der Waals surface area contributed by atoms with Crippen LogP contribution in [0, 0.1) is 0 Å². The number of imide groups is 1. The summed E-state index contributed by atoms with van der Waals surface area (Å²) in [5, 5.41) is 0. The van der Waals surface area contributed by atoms with E-state index >= 15 is 0 Å². The van der Waals surface area contributed by atoms with E-state index in [1.165, 1.54) is 24.3 Å². The highest BCUT2D eigenvalue weighted by Crippen LogP contribution is 2.28. The van der Waals surface area contributed by atoms with Crippen LogP contribution in [-0.2, 0) is 14.4 Å². The van der Waals surface area contributed by atoms with Gasteiger partial charge in [0.2, 0.25) is 5.91 Å². The number of alkyl halides is 3. The monoisotopic (exact) mass is 343 g/mol. The first-order valence-corrected chi connectivity index (χ1v) is 7.21. The van der Waals surface area contributed by atoms with Gasteiger partial charge in [-0.1, -0.05) is 0 Å². The van der Waals surface area contributed by atoms with Crippen molar-refractivity contribution in [1.29, 1.82) is 0 Å². The Morgan fingerprint density at radius 3 is 2.29 bits per heavy atom. The summed E-state index contributed by atoms with van der Waals surface area (Å²) in [6.07, 6.45) is -4.74. The second-order valence-electron chi connectivity index (χ2n) is 5.44. The topological polar surface area (TPSA) is 83.7 Å². The van der Waals surface area contributed by atoms with Gasteiger partial charge >= 0.3 is 12.1 Å². The molecule has 9 heteroatoms. The van der Waals surface area contributed by atoms with Gasteiger partial charge in [-0.15, -0.1) is 0 Å². The predicted molar refractivity (Wildman–Crippen MR) is 79.8 cm³/mol. The molecule has 1 atom stereocenters. The Bertz CT molecular complexity index is 658. The molecule has 1 aliphatic rings. The van der Waals surface area contributed by atoms with Crippen molar-refractivity contribution in [3.05, 3.63) is 24.3 Å². The van der Waals surface area contributed by atoms with Gasteiger partial charge in [-0.05, 0) is 37.1 Å². The molecule has 1 heterocycles. The summed E-state index contributed by atoms with van der Waals surface area (Å²) in [5.74, 6) is -3.59. The number of anilines is 2. The zero-order valence-corrected chi connectivity index (χ0v) is 12.8. The lowest BCUT2D eigenvalue weighted by Crippen LogP contribution is -2.52. The number of nitrogens with two attached hydrogens (primary N) is 1. The zero-order chi connectivity index (χ0) is 18.1. The number of nitrogens with zero attached hydrogens (tertiary/aromatic N) is 2. The number of rotatable bonds is 2. The van der Waals surface area contributed by atoms with Crippen LogP contribution in [0.5, 0.6) is 0 Å². The second kappa shape index (κ2) is 6.50. The maximum atomic E-state index is 12.7. The maximum Gasteiger partial charge on any atom is 0.471 e. The van der Waals surface area contributed by atoms with Gasteiger partial charge in [-0.25, -0.2) is 4.90 Å². The van der Waals surface area contributed by atoms with Gasteiger partial charge in [-0.2, -0.15) is 13.2 Å². The molecule has 1 aromatic carbocycles. The first-order chi connectivity index (χ1) is 11.1. The fourth-order valence-corrected chi connectivity index (χ4v) is 2.67. The average Bonchev–Trinajstić information content (AvgIpc) is 2.96. The van der Waals surface area contributed by atoms with Crippen LogP contribution in [0.3, 0.4) is 0 Å². The Balaban J connectivity index is 2.31. The summed E-state index contributed by atoms with van der Waals surface area (Å²) in [7, 11) is 0. The van der Waals surface area contributed by atoms with E-state index in [4.69, 9.17) is 5.73 Å². The van der Waals surface area contributed by atoms with E-state index in [9.17, 15) is 27.6 Å². The summed E-state index contributed by atoms with van der Waals surface area (Å²) in [5.41, 5.74) is 6.14. The van der Waals surface area contributed by atoms with Crippen molar-refractivity contribution in [2.75, 3.05) is 17.2 Å². The van der Waals surface area contributed by atoms with E-state index in [0.717, 1.165) is 11.8 Å². The van der Waals surface area contributed by atoms with Crippen LogP contribution >= 0.6 is 0 Å². The molecule has 1 aromatic rings. The van der Waals surface area contributed by atoms with E-state index in [1.807, 2.05) is 0 Å². The van der Waals surface area contributed by atoms with Gasteiger partial charge < -0.3 is 10.6 Å². The number of amides is 3. The lowest BCUT2D eigenvalue weighted by Gasteiger charge is -2.29. The minimum absolute atomic E-state index is 0.0689. The van der Waals surface area contributed by atoms with Gasteiger partial charge in [0.15, 0.2) is 0 Å². The minimum Gasteiger partial charge on any atom is -0.399 e. The molecule has 0 radical (unpaired) electrons. The largest absolute Gasteiger partial charge is 0.471 e. The Morgan fingerprint density at radius 1 is 1.21 bits per heavy atom. The second-order valence-corrected chi connectivity index (χ2v) is 5.44. The van der Waals surface area contributed by atoms with E-state index in [-0.39, 0.29) is 25.1 Å². The molecule has 0 bridgehead atoms. The number of benzene rings is 1. The number of likely N-dealkylation sites (tertiary alicyclic amines) is 1. The Kier molecular flexibility index (Phi) is 4.81. The predicted octanol–water partition coefficient (Wildman–Crippen LogP) is 1.70. The molecule has 0 spiro atoms. The Labute approximate surface area is 136 Å². The number of hydrogen-bond acceptors (Lipinski definition) is 4. The summed E-state index contributed by atoms with van der Waals surface area (Å²) >= 11 is 0. The van der Waals surface area contributed by atoms with Crippen LogP contribution in [0.2, 0.25) is 0 Å². The van der Waals surface area contributed by atoms with Crippen LogP contribution in [0.4, 0.5) is 24.5 Å². The standard InChI is InChI=1S/C15H16F3N3O3/c1-9(22)21(11-6-4-10(19)5-7-11)13(23)12-3-2-8-20(12)14(24)15(16,17)18/h4-7,12H,2-3,8,19H2,1H3. The number of halogens is 3. The van der Waals surface area contributed by atoms with E-state index in [1.54, 1.807) is 0 Å². The molecule has 24 heavy (non-hydrogen) atoms. The van der Waals surface area contributed by atoms with Crippen molar-refractivity contribution in [3.8, 4) is 0 Å². The van der Waals surface area contributed by atoms with E-state index in [2.05, 4.69) is 0 Å². The molecule has 6 nitrogen and oxygen atoms in total. The van der Waals surface area contributed by atoms with Crippen LogP contribution in [-0.4, -0.2) is 41.4 Å². The molecular weight excluding hydrogens is 327 g/mol. The van der Waals surface area contributed by atoms with E-state index in [0.29, 0.717) is 10.6 Å². The summed E-state index contributed by atoms with van der Waals surface area (Å²) in [6, 6.07) is 4.44. The van der Waals surface area contributed by atoms with Crippen molar-refractivity contribution in [1.82, 2.24) is 4.90 Å². The molecule has 3 amide bonds. The smallest absolute Gasteiger partial charge is 0.399 e. The lowest BCUT2D eigenvalue weighted by molar-refractivity contribution is -0.186. The van der Waals surface area contributed by atoms with Gasteiger partial charge in [0, 0.05) is 19.2 Å². The number of hydrogen-bond donors (Lipinski definition) is 1. The van der Waals surface area contributed by atoms with Gasteiger partial charge in [0.1, 0.15) is 6.04 Å². The van der Waals surface area contributed by atoms with Crippen molar-refractivity contribution in [2.45, 2.75) is 32.0 Å². The molecule has 2 N–H and O–H groups in total. The SMILES string of the molecule is CC(=O)N(C(=O)C1CCCN1C(=O)C(F)(F)F)c1ccc(N)cc1. The average molecular weight is 343 g/mol. The molecular formula is C15H16F3N3O3. The molecule has 2 rings (SSSR count). The normalized spacial score (nSPS) is 17.7. The molecule has 0 aromatic heterocycles. The Hall–Kier alpha value is -2.58. The summed E-state index contributed by atoms with van der Waals surface area (Å²) < 4.78 is 38.0. The minimum atomic E-state index is -5.06. The molecule has 1 aliphatic heterocycles. The van der Waals surface area contributed by atoms with E-state index < -0.39 is 29.9 Å². The molecule has 130 valence electrons. The molecule has 0 saturated carbocycles. The summed E-state index contributed by atoms with van der Waals surface area (Å²) in [6.45, 7) is 0.946. The molecule has 0 aliphatic carbocycles. The van der Waals surface area contributed by atoms with Crippen molar-refractivity contribution < 1.29 is 27.6 Å². The number of nitrogen functional groups attached to an aromatic ring is 1. The maximum absolute atomic E-state index is 12.7. The number of carbonyl (C=O) groups excluding carboxylic acids is 3. The Morgan fingerprint density at radius 2 is 1.79 bits per heavy atom. The van der Waals surface area contributed by atoms with Gasteiger partial charge in [-0.3, -0.25) is 14.4 Å². The van der Waals surface area contributed by atoms with Crippen LogP contribution < -0.4 is 10.6 Å².